The van der Waals surface area contributed by atoms with Crippen LogP contribution in [0.15, 0.2) is 41.0 Å². The number of halogens is 2. The molecule has 20 heavy (non-hydrogen) atoms. The average molecular weight is 337 g/mol. The van der Waals surface area contributed by atoms with Gasteiger partial charge in [0.2, 0.25) is 5.91 Å². The van der Waals surface area contributed by atoms with Crippen molar-refractivity contribution < 1.29 is 9.18 Å². The van der Waals surface area contributed by atoms with Crippen LogP contribution in [0.4, 0.5) is 4.39 Å². The highest BCUT2D eigenvalue weighted by Gasteiger charge is 2.08. The molecular formula is C15H14BrFN2O. The summed E-state index contributed by atoms with van der Waals surface area (Å²) in [5, 5.41) is 2.70. The van der Waals surface area contributed by atoms with Crippen LogP contribution in [-0.2, 0) is 17.8 Å². The van der Waals surface area contributed by atoms with Gasteiger partial charge >= 0.3 is 0 Å². The maximum atomic E-state index is 13.5. The number of hydrogen-bond acceptors (Lipinski definition) is 2. The Morgan fingerprint density at radius 2 is 2.20 bits per heavy atom. The molecular weight excluding hydrogens is 323 g/mol. The van der Waals surface area contributed by atoms with Gasteiger partial charge in [-0.1, -0.05) is 22.0 Å². The zero-order valence-electron chi connectivity index (χ0n) is 11.0. The number of hydrogen-bond donors (Lipinski definition) is 1. The van der Waals surface area contributed by atoms with E-state index in [1.54, 1.807) is 18.3 Å². The second kappa shape index (κ2) is 6.61. The number of benzene rings is 1. The summed E-state index contributed by atoms with van der Waals surface area (Å²) in [6, 6.07) is 8.38. The van der Waals surface area contributed by atoms with Crippen LogP contribution in [0.25, 0.3) is 0 Å². The fourth-order valence-corrected chi connectivity index (χ4v) is 2.20. The molecule has 0 saturated carbocycles. The van der Waals surface area contributed by atoms with Crippen molar-refractivity contribution in [3.8, 4) is 0 Å². The molecule has 2 aromatic rings. The lowest BCUT2D eigenvalue weighted by atomic mass is 10.1. The smallest absolute Gasteiger partial charge is 0.226 e. The van der Waals surface area contributed by atoms with Gasteiger partial charge in [-0.15, -0.1) is 0 Å². The topological polar surface area (TPSA) is 42.0 Å². The molecule has 0 aliphatic rings. The minimum atomic E-state index is -0.331. The molecule has 0 spiro atoms. The Morgan fingerprint density at radius 1 is 1.40 bits per heavy atom. The van der Waals surface area contributed by atoms with Gasteiger partial charge in [-0.05, 0) is 36.8 Å². The van der Waals surface area contributed by atoms with E-state index < -0.39 is 0 Å². The van der Waals surface area contributed by atoms with E-state index in [-0.39, 0.29) is 24.7 Å². The van der Waals surface area contributed by atoms with Gasteiger partial charge in [-0.25, -0.2) is 4.39 Å². The predicted molar refractivity (Wildman–Crippen MR) is 78.6 cm³/mol. The van der Waals surface area contributed by atoms with Crippen LogP contribution in [0.3, 0.4) is 0 Å². The molecule has 3 nitrogen and oxygen atoms in total. The first kappa shape index (κ1) is 14.7. The molecule has 104 valence electrons. The van der Waals surface area contributed by atoms with Crippen molar-refractivity contribution in [3.05, 3.63) is 63.6 Å². The number of rotatable bonds is 4. The van der Waals surface area contributed by atoms with Gasteiger partial charge in [0.05, 0.1) is 12.1 Å². The summed E-state index contributed by atoms with van der Waals surface area (Å²) in [6.45, 7) is 2.07. The molecule has 1 amide bonds. The van der Waals surface area contributed by atoms with Crippen molar-refractivity contribution >= 4 is 21.8 Å². The Hall–Kier alpha value is -1.75. The number of nitrogens with one attached hydrogen (secondary N) is 1. The number of pyridine rings is 1. The molecule has 0 aliphatic heterocycles. The SMILES string of the molecule is Cc1cccnc1CC(=O)NCc1cc(Br)ccc1F. The lowest BCUT2D eigenvalue weighted by molar-refractivity contribution is -0.120. The number of aryl methyl sites for hydroxylation is 1. The van der Waals surface area contributed by atoms with Gasteiger partial charge < -0.3 is 5.32 Å². The van der Waals surface area contributed by atoms with Crippen LogP contribution in [0.2, 0.25) is 0 Å². The maximum absolute atomic E-state index is 13.5. The Bertz CT molecular complexity index is 631. The first-order valence-corrected chi connectivity index (χ1v) is 6.96. The van der Waals surface area contributed by atoms with Crippen LogP contribution < -0.4 is 5.32 Å². The molecule has 1 heterocycles. The summed E-state index contributed by atoms with van der Waals surface area (Å²) in [6.07, 6.45) is 1.85. The summed E-state index contributed by atoms with van der Waals surface area (Å²) in [4.78, 5) is 16.0. The van der Waals surface area contributed by atoms with E-state index in [0.29, 0.717) is 5.56 Å². The molecule has 0 atom stereocenters. The largest absolute Gasteiger partial charge is 0.352 e. The van der Waals surface area contributed by atoms with Crippen LogP contribution >= 0.6 is 15.9 Å². The molecule has 0 aliphatic carbocycles. The fraction of sp³-hybridized carbons (Fsp3) is 0.200. The maximum Gasteiger partial charge on any atom is 0.226 e. The van der Waals surface area contributed by atoms with E-state index in [0.717, 1.165) is 15.7 Å². The Labute approximate surface area is 125 Å². The highest BCUT2D eigenvalue weighted by atomic mass is 79.9. The van der Waals surface area contributed by atoms with Gasteiger partial charge in [0.25, 0.3) is 0 Å². The van der Waals surface area contributed by atoms with E-state index in [2.05, 4.69) is 26.2 Å². The first-order valence-electron chi connectivity index (χ1n) is 6.17. The van der Waals surface area contributed by atoms with Gasteiger partial charge in [-0.3, -0.25) is 9.78 Å². The van der Waals surface area contributed by atoms with E-state index in [4.69, 9.17) is 0 Å². The second-order valence-corrected chi connectivity index (χ2v) is 5.37. The Kier molecular flexibility index (Phi) is 4.84. The van der Waals surface area contributed by atoms with Gasteiger partial charge in [0.15, 0.2) is 0 Å². The van der Waals surface area contributed by atoms with Crippen molar-refractivity contribution in [2.75, 3.05) is 0 Å². The lowest BCUT2D eigenvalue weighted by Gasteiger charge is -2.08. The van der Waals surface area contributed by atoms with E-state index in [9.17, 15) is 9.18 Å². The van der Waals surface area contributed by atoms with Crippen LogP contribution in [0.5, 0.6) is 0 Å². The van der Waals surface area contributed by atoms with Gasteiger partial charge in [0, 0.05) is 22.8 Å². The van der Waals surface area contributed by atoms with E-state index >= 15 is 0 Å². The molecule has 2 rings (SSSR count). The van der Waals surface area contributed by atoms with Crippen LogP contribution in [-0.4, -0.2) is 10.9 Å². The number of carbonyl (C=O) groups excluding carboxylic acids is 1. The first-order chi connectivity index (χ1) is 9.56. The zero-order valence-corrected chi connectivity index (χ0v) is 12.6. The molecule has 0 saturated heterocycles. The molecule has 0 unspecified atom stereocenters. The third kappa shape index (κ3) is 3.87. The molecule has 1 aromatic carbocycles. The van der Waals surface area contributed by atoms with Crippen molar-refractivity contribution in [1.29, 1.82) is 0 Å². The van der Waals surface area contributed by atoms with Crippen molar-refractivity contribution in [2.24, 2.45) is 0 Å². The molecule has 5 heteroatoms. The number of carbonyl (C=O) groups is 1. The summed E-state index contributed by atoms with van der Waals surface area (Å²) in [5.41, 5.74) is 2.15. The summed E-state index contributed by atoms with van der Waals surface area (Å²) in [5.74, 6) is -0.506. The molecule has 1 N–H and O–H groups in total. The molecule has 0 bridgehead atoms. The minimum Gasteiger partial charge on any atom is -0.352 e. The van der Waals surface area contributed by atoms with Crippen LogP contribution in [0, 0.1) is 12.7 Å². The van der Waals surface area contributed by atoms with Gasteiger partial charge in [0.1, 0.15) is 5.82 Å². The summed E-state index contributed by atoms with van der Waals surface area (Å²) >= 11 is 3.28. The van der Waals surface area contributed by atoms with Crippen molar-refractivity contribution in [2.45, 2.75) is 19.9 Å². The molecule has 0 fully saturated rings. The highest BCUT2D eigenvalue weighted by Crippen LogP contribution is 2.15. The van der Waals surface area contributed by atoms with Crippen molar-refractivity contribution in [3.63, 3.8) is 0 Å². The van der Waals surface area contributed by atoms with Gasteiger partial charge in [-0.2, -0.15) is 0 Å². The van der Waals surface area contributed by atoms with E-state index in [1.807, 2.05) is 19.1 Å². The number of amides is 1. The molecule has 1 aromatic heterocycles. The van der Waals surface area contributed by atoms with E-state index in [1.165, 1.54) is 6.07 Å². The zero-order chi connectivity index (χ0) is 14.5. The normalized spacial score (nSPS) is 10.3. The fourth-order valence-electron chi connectivity index (χ4n) is 1.79. The monoisotopic (exact) mass is 336 g/mol. The average Bonchev–Trinajstić information content (AvgIpc) is 2.42. The number of aromatic nitrogens is 1. The third-order valence-corrected chi connectivity index (χ3v) is 3.42. The summed E-state index contributed by atoms with van der Waals surface area (Å²) in [7, 11) is 0. The van der Waals surface area contributed by atoms with Crippen molar-refractivity contribution in [1.82, 2.24) is 10.3 Å². The third-order valence-electron chi connectivity index (χ3n) is 2.93. The summed E-state index contributed by atoms with van der Waals surface area (Å²) < 4.78 is 14.3. The Balaban J connectivity index is 1.96. The predicted octanol–water partition coefficient (Wildman–Crippen LogP) is 3.15. The lowest BCUT2D eigenvalue weighted by Crippen LogP contribution is -2.25. The number of nitrogens with zero attached hydrogens (tertiary/aromatic N) is 1. The Morgan fingerprint density at radius 3 is 2.95 bits per heavy atom. The highest BCUT2D eigenvalue weighted by molar-refractivity contribution is 9.10. The molecule has 0 radical (unpaired) electrons. The standard InChI is InChI=1S/C15H14BrFN2O/c1-10-3-2-6-18-14(10)8-15(20)19-9-11-7-12(16)4-5-13(11)17/h2-7H,8-9H2,1H3,(H,19,20). The van der Waals surface area contributed by atoms with Crippen LogP contribution in [0.1, 0.15) is 16.8 Å². The second-order valence-electron chi connectivity index (χ2n) is 4.46. The minimum absolute atomic E-state index is 0.163. The quantitative estimate of drug-likeness (QED) is 0.931.